The first kappa shape index (κ1) is 10.6. The lowest BCUT2D eigenvalue weighted by molar-refractivity contribution is 0.0580. The monoisotopic (exact) mass is 159 g/mol. The molecule has 0 rings (SSSR count). The van der Waals surface area contributed by atoms with E-state index >= 15 is 0 Å². The Morgan fingerprint density at radius 1 is 1.64 bits per heavy atom. The van der Waals surface area contributed by atoms with Gasteiger partial charge < -0.3 is 9.84 Å². The molecule has 0 saturated carbocycles. The standard InChI is InChI=1S/C8H17NO2/c1-4-8(10)9-6-11-5-7(2)3/h4,7-10H,1,5-6H2,2-3H3. The van der Waals surface area contributed by atoms with Crippen LogP contribution in [0, 0.1) is 5.92 Å². The highest BCUT2D eigenvalue weighted by Gasteiger charge is 1.96. The van der Waals surface area contributed by atoms with Gasteiger partial charge in [-0.05, 0) is 12.0 Å². The van der Waals surface area contributed by atoms with E-state index in [0.717, 1.165) is 0 Å². The fourth-order valence-electron chi connectivity index (χ4n) is 0.522. The van der Waals surface area contributed by atoms with Crippen LogP contribution in [0.15, 0.2) is 12.7 Å². The van der Waals surface area contributed by atoms with Crippen molar-refractivity contribution in [1.29, 1.82) is 0 Å². The summed E-state index contributed by atoms with van der Waals surface area (Å²) in [4.78, 5) is 0. The minimum absolute atomic E-state index is 0.366. The van der Waals surface area contributed by atoms with E-state index < -0.39 is 6.23 Å². The van der Waals surface area contributed by atoms with Gasteiger partial charge in [0, 0.05) is 0 Å². The molecule has 0 aromatic rings. The number of ether oxygens (including phenoxy) is 1. The molecule has 0 spiro atoms. The van der Waals surface area contributed by atoms with Crippen LogP contribution >= 0.6 is 0 Å². The number of aliphatic hydroxyl groups is 1. The first-order valence-corrected chi connectivity index (χ1v) is 3.78. The smallest absolute Gasteiger partial charge is 0.125 e. The molecule has 0 fully saturated rings. The van der Waals surface area contributed by atoms with E-state index in [1.54, 1.807) is 0 Å². The zero-order chi connectivity index (χ0) is 8.69. The van der Waals surface area contributed by atoms with Gasteiger partial charge in [0.2, 0.25) is 0 Å². The Kier molecular flexibility index (Phi) is 6.12. The second-order valence-corrected chi connectivity index (χ2v) is 2.79. The lowest BCUT2D eigenvalue weighted by Crippen LogP contribution is -2.29. The highest BCUT2D eigenvalue weighted by atomic mass is 16.5. The Bertz CT molecular complexity index is 104. The van der Waals surface area contributed by atoms with Crippen LogP contribution < -0.4 is 5.32 Å². The fourth-order valence-corrected chi connectivity index (χ4v) is 0.522. The topological polar surface area (TPSA) is 41.5 Å². The van der Waals surface area contributed by atoms with E-state index in [1.165, 1.54) is 6.08 Å². The summed E-state index contributed by atoms with van der Waals surface area (Å²) in [5, 5.41) is 11.6. The average Bonchev–Trinajstić information content (AvgIpc) is 1.97. The highest BCUT2D eigenvalue weighted by molar-refractivity contribution is 4.74. The first-order chi connectivity index (χ1) is 5.16. The van der Waals surface area contributed by atoms with Gasteiger partial charge in [0.15, 0.2) is 0 Å². The molecule has 3 heteroatoms. The molecule has 0 aliphatic heterocycles. The Balaban J connectivity index is 3.07. The van der Waals surface area contributed by atoms with Crippen LogP contribution in [-0.2, 0) is 4.74 Å². The quantitative estimate of drug-likeness (QED) is 0.341. The maximum Gasteiger partial charge on any atom is 0.125 e. The van der Waals surface area contributed by atoms with Crippen molar-refractivity contribution in [2.24, 2.45) is 5.92 Å². The van der Waals surface area contributed by atoms with Gasteiger partial charge in [0.1, 0.15) is 6.23 Å². The summed E-state index contributed by atoms with van der Waals surface area (Å²) in [7, 11) is 0. The third kappa shape index (κ3) is 7.52. The molecule has 0 bridgehead atoms. The molecule has 0 heterocycles. The minimum atomic E-state index is -0.665. The van der Waals surface area contributed by atoms with E-state index in [1.807, 2.05) is 0 Å². The van der Waals surface area contributed by atoms with Gasteiger partial charge in [-0.2, -0.15) is 0 Å². The van der Waals surface area contributed by atoms with Crippen molar-refractivity contribution < 1.29 is 9.84 Å². The van der Waals surface area contributed by atoms with E-state index in [2.05, 4.69) is 25.7 Å². The van der Waals surface area contributed by atoms with Crippen molar-refractivity contribution in [3.8, 4) is 0 Å². The van der Waals surface area contributed by atoms with E-state index in [9.17, 15) is 0 Å². The van der Waals surface area contributed by atoms with Gasteiger partial charge in [0.05, 0.1) is 13.3 Å². The van der Waals surface area contributed by atoms with Gasteiger partial charge in [0.25, 0.3) is 0 Å². The van der Waals surface area contributed by atoms with Gasteiger partial charge in [-0.25, -0.2) is 0 Å². The lowest BCUT2D eigenvalue weighted by Gasteiger charge is -2.09. The van der Waals surface area contributed by atoms with Crippen molar-refractivity contribution in [1.82, 2.24) is 5.32 Å². The largest absolute Gasteiger partial charge is 0.375 e. The Hall–Kier alpha value is -0.380. The van der Waals surface area contributed by atoms with Crippen molar-refractivity contribution in [3.63, 3.8) is 0 Å². The second-order valence-electron chi connectivity index (χ2n) is 2.79. The fraction of sp³-hybridized carbons (Fsp3) is 0.750. The summed E-state index contributed by atoms with van der Waals surface area (Å²) in [6, 6.07) is 0. The molecule has 66 valence electrons. The third-order valence-corrected chi connectivity index (χ3v) is 1.07. The molecule has 0 radical (unpaired) electrons. The molecule has 11 heavy (non-hydrogen) atoms. The average molecular weight is 159 g/mol. The van der Waals surface area contributed by atoms with Crippen LogP contribution in [0.5, 0.6) is 0 Å². The summed E-state index contributed by atoms with van der Waals surface area (Å²) in [6.45, 7) is 8.62. The SMILES string of the molecule is C=CC(O)NCOCC(C)C. The molecule has 3 nitrogen and oxygen atoms in total. The first-order valence-electron chi connectivity index (χ1n) is 3.78. The summed E-state index contributed by atoms with van der Waals surface area (Å²) < 4.78 is 5.15. The number of hydrogen-bond donors (Lipinski definition) is 2. The van der Waals surface area contributed by atoms with Crippen LogP contribution in [0.2, 0.25) is 0 Å². The Morgan fingerprint density at radius 2 is 2.27 bits per heavy atom. The second kappa shape index (κ2) is 6.34. The molecule has 0 saturated heterocycles. The van der Waals surface area contributed by atoms with Gasteiger partial charge in [-0.3, -0.25) is 5.32 Å². The van der Waals surface area contributed by atoms with E-state index in [4.69, 9.17) is 9.84 Å². The van der Waals surface area contributed by atoms with Crippen molar-refractivity contribution in [3.05, 3.63) is 12.7 Å². The summed E-state index contributed by atoms with van der Waals surface area (Å²) in [5.74, 6) is 0.526. The highest BCUT2D eigenvalue weighted by Crippen LogP contribution is 1.90. The normalized spacial score (nSPS) is 13.5. The zero-order valence-corrected chi connectivity index (χ0v) is 7.21. The van der Waals surface area contributed by atoms with Crippen LogP contribution in [-0.4, -0.2) is 24.7 Å². The zero-order valence-electron chi connectivity index (χ0n) is 7.21. The van der Waals surface area contributed by atoms with Gasteiger partial charge in [-0.15, -0.1) is 0 Å². The minimum Gasteiger partial charge on any atom is -0.375 e. The Morgan fingerprint density at radius 3 is 2.73 bits per heavy atom. The van der Waals surface area contributed by atoms with Crippen LogP contribution in [0.1, 0.15) is 13.8 Å². The lowest BCUT2D eigenvalue weighted by atomic mass is 10.2. The predicted molar refractivity (Wildman–Crippen MR) is 45.0 cm³/mol. The van der Waals surface area contributed by atoms with Gasteiger partial charge >= 0.3 is 0 Å². The van der Waals surface area contributed by atoms with Crippen molar-refractivity contribution >= 4 is 0 Å². The maximum atomic E-state index is 8.91. The number of aliphatic hydroxyl groups excluding tert-OH is 1. The molecule has 0 aliphatic rings. The molecule has 0 amide bonds. The number of nitrogens with one attached hydrogen (secondary N) is 1. The molecule has 2 N–H and O–H groups in total. The predicted octanol–water partition coefficient (Wildman–Crippen LogP) is 0.710. The number of rotatable bonds is 6. The third-order valence-electron chi connectivity index (χ3n) is 1.07. The van der Waals surface area contributed by atoms with Crippen LogP contribution in [0.25, 0.3) is 0 Å². The number of hydrogen-bond acceptors (Lipinski definition) is 3. The van der Waals surface area contributed by atoms with Crippen LogP contribution in [0.3, 0.4) is 0 Å². The molecule has 1 unspecified atom stereocenters. The van der Waals surface area contributed by atoms with E-state index in [-0.39, 0.29) is 0 Å². The summed E-state index contributed by atoms with van der Waals surface area (Å²) >= 11 is 0. The van der Waals surface area contributed by atoms with Crippen molar-refractivity contribution in [2.75, 3.05) is 13.3 Å². The molecule has 0 aliphatic carbocycles. The molecule has 0 aromatic heterocycles. The molecule has 1 atom stereocenters. The maximum absolute atomic E-state index is 8.91. The Labute approximate surface area is 68.1 Å². The summed E-state index contributed by atoms with van der Waals surface area (Å²) in [6.07, 6.45) is 0.751. The molecular formula is C8H17NO2. The van der Waals surface area contributed by atoms with Crippen molar-refractivity contribution in [2.45, 2.75) is 20.1 Å². The van der Waals surface area contributed by atoms with Crippen LogP contribution in [0.4, 0.5) is 0 Å². The van der Waals surface area contributed by atoms with Gasteiger partial charge in [-0.1, -0.05) is 20.4 Å². The molecule has 0 aromatic carbocycles. The van der Waals surface area contributed by atoms with E-state index in [0.29, 0.717) is 19.3 Å². The summed E-state index contributed by atoms with van der Waals surface area (Å²) in [5.41, 5.74) is 0. The molecular weight excluding hydrogens is 142 g/mol.